The number of benzene rings is 1. The van der Waals surface area contributed by atoms with Crippen molar-refractivity contribution in [3.8, 4) is 5.69 Å². The zero-order valence-corrected chi connectivity index (χ0v) is 11.4. The average molecular weight is 265 g/mol. The Morgan fingerprint density at radius 3 is 3.00 bits per heavy atom. The van der Waals surface area contributed by atoms with Crippen LogP contribution in [0.5, 0.6) is 0 Å². The van der Waals surface area contributed by atoms with Crippen LogP contribution in [0.2, 0.25) is 5.02 Å². The molecule has 0 spiro atoms. The highest BCUT2D eigenvalue weighted by molar-refractivity contribution is 6.32. The molecule has 0 saturated carbocycles. The Labute approximate surface area is 112 Å². The maximum absolute atomic E-state index is 6.16. The molecule has 96 valence electrons. The van der Waals surface area contributed by atoms with E-state index in [1.807, 2.05) is 31.3 Å². The first-order valence-corrected chi connectivity index (χ1v) is 6.47. The van der Waals surface area contributed by atoms with E-state index >= 15 is 0 Å². The molecular formula is C13H17ClN4. The molecule has 2 aromatic rings. The van der Waals surface area contributed by atoms with Crippen LogP contribution in [0.3, 0.4) is 0 Å². The third kappa shape index (κ3) is 3.09. The van der Waals surface area contributed by atoms with Crippen molar-refractivity contribution in [2.75, 3.05) is 6.54 Å². The van der Waals surface area contributed by atoms with Crippen molar-refractivity contribution in [1.29, 1.82) is 0 Å². The van der Waals surface area contributed by atoms with Gasteiger partial charge in [0.2, 0.25) is 0 Å². The zero-order valence-electron chi connectivity index (χ0n) is 10.7. The molecule has 0 saturated heterocycles. The molecule has 0 aliphatic carbocycles. The molecule has 0 aliphatic rings. The van der Waals surface area contributed by atoms with Crippen LogP contribution >= 0.6 is 11.6 Å². The van der Waals surface area contributed by atoms with Crippen LogP contribution < -0.4 is 5.32 Å². The Kier molecular flexibility index (Phi) is 4.33. The van der Waals surface area contributed by atoms with Gasteiger partial charge in [0.15, 0.2) is 0 Å². The van der Waals surface area contributed by atoms with Gasteiger partial charge in [0.1, 0.15) is 0 Å². The Hall–Kier alpha value is -1.39. The molecule has 1 aromatic carbocycles. The number of hydrogen-bond acceptors (Lipinski definition) is 3. The molecule has 1 N–H and O–H groups in total. The van der Waals surface area contributed by atoms with E-state index in [1.165, 1.54) is 0 Å². The predicted molar refractivity (Wildman–Crippen MR) is 73.1 cm³/mol. The Morgan fingerprint density at radius 1 is 1.39 bits per heavy atom. The minimum atomic E-state index is 0.679. The van der Waals surface area contributed by atoms with Crippen LogP contribution in [0.15, 0.2) is 24.4 Å². The summed E-state index contributed by atoms with van der Waals surface area (Å²) in [5.41, 5.74) is 2.93. The monoisotopic (exact) mass is 264 g/mol. The summed E-state index contributed by atoms with van der Waals surface area (Å²) in [6, 6.07) is 5.86. The van der Waals surface area contributed by atoms with Gasteiger partial charge in [-0.1, -0.05) is 29.8 Å². The molecule has 0 aliphatic heterocycles. The summed E-state index contributed by atoms with van der Waals surface area (Å²) in [6.07, 6.45) is 3.02. The molecule has 0 unspecified atom stereocenters. The third-order valence-corrected chi connectivity index (χ3v) is 2.94. The quantitative estimate of drug-likeness (QED) is 0.845. The predicted octanol–water partition coefficient (Wildman–Crippen LogP) is 2.73. The molecule has 2 rings (SSSR count). The molecule has 0 bridgehead atoms. The van der Waals surface area contributed by atoms with Crippen molar-refractivity contribution in [2.24, 2.45) is 0 Å². The van der Waals surface area contributed by atoms with Crippen molar-refractivity contribution < 1.29 is 0 Å². The van der Waals surface area contributed by atoms with Gasteiger partial charge in [-0.05, 0) is 37.6 Å². The minimum absolute atomic E-state index is 0.679. The van der Waals surface area contributed by atoms with Crippen molar-refractivity contribution in [3.63, 3.8) is 0 Å². The second-order valence-corrected chi connectivity index (χ2v) is 4.69. The summed E-state index contributed by atoms with van der Waals surface area (Å²) in [7, 11) is 0. The standard InChI is InChI=1S/C13H17ClN4/c1-3-6-15-8-11-9-18(17-16-11)13-7-10(2)4-5-12(13)14/h4-5,7,9,15H,3,6,8H2,1-2H3. The van der Waals surface area contributed by atoms with E-state index in [0.29, 0.717) is 5.02 Å². The highest BCUT2D eigenvalue weighted by atomic mass is 35.5. The van der Waals surface area contributed by atoms with Crippen LogP contribution in [0, 0.1) is 6.92 Å². The number of aryl methyl sites for hydroxylation is 1. The molecule has 4 nitrogen and oxygen atoms in total. The molecule has 0 amide bonds. The third-order valence-electron chi connectivity index (χ3n) is 2.62. The van der Waals surface area contributed by atoms with E-state index in [1.54, 1.807) is 4.68 Å². The van der Waals surface area contributed by atoms with Gasteiger partial charge in [-0.15, -0.1) is 5.10 Å². The van der Waals surface area contributed by atoms with Gasteiger partial charge in [0.25, 0.3) is 0 Å². The molecular weight excluding hydrogens is 248 g/mol. The SMILES string of the molecule is CCCNCc1cn(-c2cc(C)ccc2Cl)nn1. The molecule has 1 aromatic heterocycles. The first-order valence-electron chi connectivity index (χ1n) is 6.09. The van der Waals surface area contributed by atoms with Gasteiger partial charge >= 0.3 is 0 Å². The maximum atomic E-state index is 6.16. The molecule has 0 fully saturated rings. The largest absolute Gasteiger partial charge is 0.311 e. The zero-order chi connectivity index (χ0) is 13.0. The lowest BCUT2D eigenvalue weighted by molar-refractivity contribution is 0.662. The van der Waals surface area contributed by atoms with Crippen molar-refractivity contribution in [3.05, 3.63) is 40.7 Å². The summed E-state index contributed by atoms with van der Waals surface area (Å²) < 4.78 is 1.72. The number of nitrogens with one attached hydrogen (secondary N) is 1. The Balaban J connectivity index is 2.16. The number of halogens is 1. The lowest BCUT2D eigenvalue weighted by atomic mass is 10.2. The molecule has 18 heavy (non-hydrogen) atoms. The number of nitrogens with zero attached hydrogens (tertiary/aromatic N) is 3. The second-order valence-electron chi connectivity index (χ2n) is 4.29. The highest BCUT2D eigenvalue weighted by Gasteiger charge is 2.06. The molecule has 0 atom stereocenters. The normalized spacial score (nSPS) is 10.8. The average Bonchev–Trinajstić information content (AvgIpc) is 2.81. The fourth-order valence-corrected chi connectivity index (χ4v) is 1.89. The topological polar surface area (TPSA) is 42.7 Å². The van der Waals surface area contributed by atoms with Gasteiger partial charge in [-0.2, -0.15) is 0 Å². The van der Waals surface area contributed by atoms with Gasteiger partial charge < -0.3 is 5.32 Å². The lowest BCUT2D eigenvalue weighted by Crippen LogP contribution is -2.13. The van der Waals surface area contributed by atoms with Gasteiger partial charge in [-0.3, -0.25) is 0 Å². The van der Waals surface area contributed by atoms with E-state index < -0.39 is 0 Å². The summed E-state index contributed by atoms with van der Waals surface area (Å²) >= 11 is 6.16. The van der Waals surface area contributed by atoms with E-state index in [4.69, 9.17) is 11.6 Å². The van der Waals surface area contributed by atoms with Crippen molar-refractivity contribution >= 4 is 11.6 Å². The van der Waals surface area contributed by atoms with E-state index in [-0.39, 0.29) is 0 Å². The fourth-order valence-electron chi connectivity index (χ4n) is 1.69. The summed E-state index contributed by atoms with van der Waals surface area (Å²) in [5.74, 6) is 0. The highest BCUT2D eigenvalue weighted by Crippen LogP contribution is 2.20. The van der Waals surface area contributed by atoms with Crippen LogP contribution in [0.4, 0.5) is 0 Å². The first-order chi connectivity index (χ1) is 8.70. The van der Waals surface area contributed by atoms with E-state index in [9.17, 15) is 0 Å². The summed E-state index contributed by atoms with van der Waals surface area (Å²) in [6.45, 7) is 5.88. The summed E-state index contributed by atoms with van der Waals surface area (Å²) in [4.78, 5) is 0. The number of hydrogen-bond donors (Lipinski definition) is 1. The fraction of sp³-hybridized carbons (Fsp3) is 0.385. The van der Waals surface area contributed by atoms with Crippen LogP contribution in [-0.4, -0.2) is 21.5 Å². The van der Waals surface area contributed by atoms with E-state index in [0.717, 1.165) is 36.5 Å². The van der Waals surface area contributed by atoms with Gasteiger partial charge in [0.05, 0.1) is 22.6 Å². The maximum Gasteiger partial charge on any atom is 0.0969 e. The van der Waals surface area contributed by atoms with Crippen LogP contribution in [0.1, 0.15) is 24.6 Å². The van der Waals surface area contributed by atoms with Crippen LogP contribution in [0.25, 0.3) is 5.69 Å². The lowest BCUT2D eigenvalue weighted by Gasteiger charge is -2.04. The van der Waals surface area contributed by atoms with Crippen molar-refractivity contribution in [2.45, 2.75) is 26.8 Å². The second kappa shape index (κ2) is 5.98. The Bertz CT molecular complexity index is 521. The van der Waals surface area contributed by atoms with Gasteiger partial charge in [-0.25, -0.2) is 4.68 Å². The van der Waals surface area contributed by atoms with E-state index in [2.05, 4.69) is 22.6 Å². The number of rotatable bonds is 5. The number of aromatic nitrogens is 3. The summed E-state index contributed by atoms with van der Waals surface area (Å²) in [5, 5.41) is 12.2. The Morgan fingerprint density at radius 2 is 2.22 bits per heavy atom. The molecule has 5 heteroatoms. The minimum Gasteiger partial charge on any atom is -0.311 e. The molecule has 0 radical (unpaired) electrons. The van der Waals surface area contributed by atoms with Crippen molar-refractivity contribution in [1.82, 2.24) is 20.3 Å². The van der Waals surface area contributed by atoms with Gasteiger partial charge in [0, 0.05) is 6.54 Å². The smallest absolute Gasteiger partial charge is 0.0969 e. The van der Waals surface area contributed by atoms with Crippen LogP contribution in [-0.2, 0) is 6.54 Å². The first kappa shape index (κ1) is 13.1. The molecule has 1 heterocycles.